The zero-order valence-corrected chi connectivity index (χ0v) is 15.4. The summed E-state index contributed by atoms with van der Waals surface area (Å²) in [6, 6.07) is 17.0. The van der Waals surface area contributed by atoms with Crippen LogP contribution in [0.1, 0.15) is 27.1 Å². The monoisotopic (exact) mass is 351 g/mol. The Kier molecular flexibility index (Phi) is 5.56. The fourth-order valence-electron chi connectivity index (χ4n) is 3.19. The van der Waals surface area contributed by atoms with Crippen LogP contribution in [0.2, 0.25) is 0 Å². The lowest BCUT2D eigenvalue weighted by Gasteiger charge is -2.23. The van der Waals surface area contributed by atoms with Crippen molar-refractivity contribution in [2.24, 2.45) is 0 Å². The topological polar surface area (TPSA) is 43.9 Å². The molecule has 0 aromatic heterocycles. The van der Waals surface area contributed by atoms with Crippen LogP contribution in [0.3, 0.4) is 0 Å². The highest BCUT2D eigenvalue weighted by atomic mass is 16.2. The van der Waals surface area contributed by atoms with Gasteiger partial charge in [0.1, 0.15) is 0 Å². The van der Waals surface area contributed by atoms with Crippen molar-refractivity contribution in [3.05, 3.63) is 65.7 Å². The van der Waals surface area contributed by atoms with Crippen LogP contribution in [0, 0.1) is 0 Å². The van der Waals surface area contributed by atoms with E-state index in [1.165, 1.54) is 0 Å². The van der Waals surface area contributed by atoms with E-state index in [1.54, 1.807) is 0 Å². The molecule has 1 aliphatic rings. The van der Waals surface area contributed by atoms with E-state index in [2.05, 4.69) is 0 Å². The van der Waals surface area contributed by atoms with Crippen LogP contribution in [-0.2, 0) is 0 Å². The van der Waals surface area contributed by atoms with Crippen LogP contribution in [0.25, 0.3) is 0 Å². The number of carbonyl (C=O) groups excluding carboxylic acids is 2. The summed E-state index contributed by atoms with van der Waals surface area (Å²) in [6.07, 6.45) is 0.789. The molecule has 0 aliphatic carbocycles. The standard InChI is InChI=1S/C21H25N3O2/c1-22(2)19-11-6-10-18(16-19)21(26)24-13-7-12-23(14-15-24)20(25)17-8-4-3-5-9-17/h3-6,8-11,16H,7,12-15H2,1-2H3. The van der Waals surface area contributed by atoms with Crippen molar-refractivity contribution in [2.45, 2.75) is 6.42 Å². The zero-order chi connectivity index (χ0) is 18.5. The number of hydrogen-bond donors (Lipinski definition) is 0. The van der Waals surface area contributed by atoms with E-state index in [4.69, 9.17) is 0 Å². The van der Waals surface area contributed by atoms with Crippen LogP contribution in [0.4, 0.5) is 5.69 Å². The van der Waals surface area contributed by atoms with E-state index in [1.807, 2.05) is 83.4 Å². The molecule has 1 fully saturated rings. The Morgan fingerprint density at radius 2 is 1.35 bits per heavy atom. The largest absolute Gasteiger partial charge is 0.378 e. The normalized spacial score (nSPS) is 14.7. The van der Waals surface area contributed by atoms with E-state index < -0.39 is 0 Å². The van der Waals surface area contributed by atoms with Gasteiger partial charge in [0.05, 0.1) is 0 Å². The average molecular weight is 351 g/mol. The van der Waals surface area contributed by atoms with Crippen LogP contribution in [0.5, 0.6) is 0 Å². The Morgan fingerprint density at radius 3 is 1.96 bits per heavy atom. The van der Waals surface area contributed by atoms with Crippen LogP contribution < -0.4 is 4.90 Å². The molecule has 1 heterocycles. The second kappa shape index (κ2) is 8.04. The lowest BCUT2D eigenvalue weighted by atomic mass is 10.1. The molecule has 26 heavy (non-hydrogen) atoms. The van der Waals surface area contributed by atoms with Gasteiger partial charge in [0.25, 0.3) is 11.8 Å². The summed E-state index contributed by atoms with van der Waals surface area (Å²) in [4.78, 5) is 31.2. The second-order valence-corrected chi connectivity index (χ2v) is 6.75. The van der Waals surface area contributed by atoms with Crippen LogP contribution in [0.15, 0.2) is 54.6 Å². The molecule has 2 amide bonds. The molecular weight excluding hydrogens is 326 g/mol. The number of benzene rings is 2. The van der Waals surface area contributed by atoms with Gasteiger partial charge in [0, 0.05) is 57.1 Å². The Morgan fingerprint density at radius 1 is 0.769 bits per heavy atom. The van der Waals surface area contributed by atoms with E-state index in [-0.39, 0.29) is 11.8 Å². The Bertz CT molecular complexity index is 774. The molecule has 0 bridgehead atoms. The summed E-state index contributed by atoms with van der Waals surface area (Å²) in [5, 5.41) is 0. The maximum absolute atomic E-state index is 12.9. The van der Waals surface area contributed by atoms with Crippen molar-refractivity contribution < 1.29 is 9.59 Å². The van der Waals surface area contributed by atoms with Gasteiger partial charge < -0.3 is 14.7 Å². The first-order valence-electron chi connectivity index (χ1n) is 8.97. The number of carbonyl (C=O) groups is 2. The van der Waals surface area contributed by atoms with Crippen molar-refractivity contribution in [1.29, 1.82) is 0 Å². The molecule has 1 aliphatic heterocycles. The van der Waals surface area contributed by atoms with Gasteiger partial charge >= 0.3 is 0 Å². The second-order valence-electron chi connectivity index (χ2n) is 6.75. The number of anilines is 1. The molecule has 2 aromatic carbocycles. The molecule has 2 aromatic rings. The SMILES string of the molecule is CN(C)c1cccc(C(=O)N2CCCN(C(=O)c3ccccc3)CC2)c1. The van der Waals surface area contributed by atoms with Gasteiger partial charge in [-0.05, 0) is 36.8 Å². The van der Waals surface area contributed by atoms with E-state index in [9.17, 15) is 9.59 Å². The third-order valence-electron chi connectivity index (χ3n) is 4.70. The fourth-order valence-corrected chi connectivity index (χ4v) is 3.19. The first kappa shape index (κ1) is 18.0. The smallest absolute Gasteiger partial charge is 0.253 e. The van der Waals surface area contributed by atoms with Crippen molar-refractivity contribution in [3.8, 4) is 0 Å². The summed E-state index contributed by atoms with van der Waals surface area (Å²) < 4.78 is 0. The predicted molar refractivity (Wildman–Crippen MR) is 104 cm³/mol. The molecule has 1 saturated heterocycles. The van der Waals surface area contributed by atoms with Crippen molar-refractivity contribution in [2.75, 3.05) is 45.2 Å². The molecule has 136 valence electrons. The minimum absolute atomic E-state index is 0.0303. The minimum atomic E-state index is 0.0303. The predicted octanol–water partition coefficient (Wildman–Crippen LogP) is 2.74. The lowest BCUT2D eigenvalue weighted by molar-refractivity contribution is 0.0719. The van der Waals surface area contributed by atoms with Crippen molar-refractivity contribution in [1.82, 2.24) is 9.80 Å². The van der Waals surface area contributed by atoms with Crippen LogP contribution in [-0.4, -0.2) is 61.9 Å². The maximum Gasteiger partial charge on any atom is 0.253 e. The minimum Gasteiger partial charge on any atom is -0.378 e. The van der Waals surface area contributed by atoms with Crippen molar-refractivity contribution in [3.63, 3.8) is 0 Å². The summed E-state index contributed by atoms with van der Waals surface area (Å²) in [5.41, 5.74) is 2.40. The molecule has 0 atom stereocenters. The molecule has 5 heteroatoms. The van der Waals surface area contributed by atoms with Gasteiger partial charge in [-0.15, -0.1) is 0 Å². The van der Waals surface area contributed by atoms with E-state index in [0.717, 1.165) is 12.1 Å². The van der Waals surface area contributed by atoms with Crippen molar-refractivity contribution >= 4 is 17.5 Å². The highest BCUT2D eigenvalue weighted by Crippen LogP contribution is 2.17. The van der Waals surface area contributed by atoms with Gasteiger partial charge in [0.15, 0.2) is 0 Å². The Hall–Kier alpha value is -2.82. The fraction of sp³-hybridized carbons (Fsp3) is 0.333. The summed E-state index contributed by atoms with van der Waals surface area (Å²) in [7, 11) is 3.92. The number of amides is 2. The number of hydrogen-bond acceptors (Lipinski definition) is 3. The highest BCUT2D eigenvalue weighted by molar-refractivity contribution is 5.96. The van der Waals surface area contributed by atoms with Gasteiger partial charge in [-0.1, -0.05) is 24.3 Å². The third kappa shape index (κ3) is 4.04. The maximum atomic E-state index is 12.9. The first-order valence-corrected chi connectivity index (χ1v) is 8.97. The quantitative estimate of drug-likeness (QED) is 0.854. The molecule has 3 rings (SSSR count). The molecule has 0 saturated carbocycles. The lowest BCUT2D eigenvalue weighted by Crippen LogP contribution is -2.37. The molecular formula is C21H25N3O2. The van der Waals surface area contributed by atoms with E-state index >= 15 is 0 Å². The van der Waals surface area contributed by atoms with E-state index in [0.29, 0.717) is 37.3 Å². The Labute approximate surface area is 154 Å². The highest BCUT2D eigenvalue weighted by Gasteiger charge is 2.23. The van der Waals surface area contributed by atoms with Gasteiger partial charge in [-0.2, -0.15) is 0 Å². The number of nitrogens with zero attached hydrogens (tertiary/aromatic N) is 3. The third-order valence-corrected chi connectivity index (χ3v) is 4.70. The van der Waals surface area contributed by atoms with Crippen LogP contribution >= 0.6 is 0 Å². The average Bonchev–Trinajstić information content (AvgIpc) is 2.94. The van der Waals surface area contributed by atoms with Gasteiger partial charge in [0.2, 0.25) is 0 Å². The molecule has 0 spiro atoms. The molecule has 0 unspecified atom stereocenters. The van der Waals surface area contributed by atoms with Gasteiger partial charge in [-0.25, -0.2) is 0 Å². The molecule has 5 nitrogen and oxygen atoms in total. The van der Waals surface area contributed by atoms with Gasteiger partial charge in [-0.3, -0.25) is 9.59 Å². The molecule has 0 N–H and O–H groups in total. The zero-order valence-electron chi connectivity index (χ0n) is 15.4. The number of rotatable bonds is 3. The first-order chi connectivity index (χ1) is 12.6. The molecule has 0 radical (unpaired) electrons. The Balaban J connectivity index is 1.67. The summed E-state index contributed by atoms with van der Waals surface area (Å²) in [5.74, 6) is 0.0669. The summed E-state index contributed by atoms with van der Waals surface area (Å²) in [6.45, 7) is 2.47. The summed E-state index contributed by atoms with van der Waals surface area (Å²) >= 11 is 0.